The molecule has 5 heteroatoms. The van der Waals surface area contributed by atoms with E-state index in [2.05, 4.69) is 4.74 Å². The van der Waals surface area contributed by atoms with Gasteiger partial charge in [0.05, 0.1) is 0 Å². The first-order chi connectivity index (χ1) is 6.03. The molecule has 0 aliphatic heterocycles. The van der Waals surface area contributed by atoms with Crippen LogP contribution in [-0.2, 0) is 0 Å². The highest BCUT2D eigenvalue weighted by Gasteiger charge is 2.31. The molecule has 72 valence electrons. The van der Waals surface area contributed by atoms with Gasteiger partial charge in [0.25, 0.3) is 0 Å². The highest BCUT2D eigenvalue weighted by atomic mass is 31.1. The van der Waals surface area contributed by atoms with Crippen molar-refractivity contribution in [2.24, 2.45) is 0 Å². The summed E-state index contributed by atoms with van der Waals surface area (Å²) in [4.78, 5) is 0. The molecule has 1 nitrogen and oxygen atoms in total. The molecule has 1 rings (SSSR count). The summed E-state index contributed by atoms with van der Waals surface area (Å²) in [5.74, 6) is -0.101. The minimum absolute atomic E-state index is 0.101. The zero-order valence-electron chi connectivity index (χ0n) is 6.85. The maximum Gasteiger partial charge on any atom is 0.573 e. The molecule has 0 bridgehead atoms. The monoisotopic (exact) mass is 208 g/mol. The van der Waals surface area contributed by atoms with Gasteiger partial charge in [0.15, 0.2) is 0 Å². The summed E-state index contributed by atoms with van der Waals surface area (Å²) in [5.41, 5.74) is 0. The van der Waals surface area contributed by atoms with Crippen LogP contribution in [0.5, 0.6) is 5.75 Å². The van der Waals surface area contributed by atoms with Gasteiger partial charge in [0, 0.05) is 5.30 Å². The highest BCUT2D eigenvalue weighted by molar-refractivity contribution is 7.46. The minimum atomic E-state index is -4.60. The van der Waals surface area contributed by atoms with Crippen LogP contribution in [0.3, 0.4) is 0 Å². The van der Waals surface area contributed by atoms with E-state index in [1.807, 2.05) is 0 Å². The summed E-state index contributed by atoms with van der Waals surface area (Å²) in [6, 6.07) is 6.15. The molecular weight excluding hydrogens is 200 g/mol. The topological polar surface area (TPSA) is 9.23 Å². The van der Waals surface area contributed by atoms with Crippen molar-refractivity contribution in [2.45, 2.75) is 6.36 Å². The molecule has 1 aromatic rings. The summed E-state index contributed by atoms with van der Waals surface area (Å²) in [5, 5.41) is 0.583. The van der Waals surface area contributed by atoms with Gasteiger partial charge >= 0.3 is 6.36 Å². The Kier molecular flexibility index (Phi) is 3.15. The molecule has 0 heterocycles. The van der Waals surface area contributed by atoms with Crippen LogP contribution in [0, 0.1) is 0 Å². The average Bonchev–Trinajstić information content (AvgIpc) is 2.02. The number of ether oxygens (including phenoxy) is 1. The largest absolute Gasteiger partial charge is 0.573 e. The fourth-order valence-electron chi connectivity index (χ4n) is 0.887. The predicted molar refractivity (Wildman–Crippen MR) is 47.0 cm³/mol. The molecule has 0 saturated carbocycles. The van der Waals surface area contributed by atoms with Crippen molar-refractivity contribution in [1.29, 1.82) is 0 Å². The molecule has 0 aliphatic carbocycles. The van der Waals surface area contributed by atoms with Crippen LogP contribution in [0.15, 0.2) is 24.3 Å². The maximum absolute atomic E-state index is 11.8. The Morgan fingerprint density at radius 1 is 1.23 bits per heavy atom. The van der Waals surface area contributed by atoms with E-state index in [0.29, 0.717) is 5.30 Å². The number of para-hydroxylation sites is 1. The predicted octanol–water partition coefficient (Wildman–Crippen LogP) is 2.52. The lowest BCUT2D eigenvalue weighted by molar-refractivity contribution is -0.274. The van der Waals surface area contributed by atoms with Gasteiger partial charge in [-0.05, 0) is 12.7 Å². The molecular formula is C8H8F3OP. The molecule has 0 N–H and O–H groups in total. The van der Waals surface area contributed by atoms with Gasteiger partial charge in [-0.2, -0.15) is 0 Å². The zero-order chi connectivity index (χ0) is 9.90. The van der Waals surface area contributed by atoms with E-state index in [-0.39, 0.29) is 14.3 Å². The van der Waals surface area contributed by atoms with Crippen molar-refractivity contribution >= 4 is 13.9 Å². The third kappa shape index (κ3) is 3.23. The Balaban J connectivity index is 2.87. The maximum atomic E-state index is 11.8. The van der Waals surface area contributed by atoms with Crippen LogP contribution in [-0.4, -0.2) is 13.0 Å². The molecule has 0 amide bonds. The van der Waals surface area contributed by atoms with Gasteiger partial charge < -0.3 is 4.74 Å². The zero-order valence-corrected chi connectivity index (χ0v) is 7.85. The second kappa shape index (κ2) is 3.97. The van der Waals surface area contributed by atoms with Crippen molar-refractivity contribution in [3.63, 3.8) is 0 Å². The Bertz CT molecular complexity index is 285. The lowest BCUT2D eigenvalue weighted by Crippen LogP contribution is -2.20. The van der Waals surface area contributed by atoms with Gasteiger partial charge in [-0.15, -0.1) is 13.2 Å². The molecule has 1 aromatic carbocycles. The first kappa shape index (κ1) is 10.3. The Hall–Kier alpha value is -0.760. The van der Waals surface area contributed by atoms with E-state index in [1.165, 1.54) is 12.1 Å². The molecule has 0 aliphatic rings. The Morgan fingerprint density at radius 2 is 1.85 bits per heavy atom. The summed E-state index contributed by atoms with van der Waals surface area (Å²) in [6.07, 6.45) is -4.60. The molecule has 0 spiro atoms. The minimum Gasteiger partial charge on any atom is -0.405 e. The van der Waals surface area contributed by atoms with Crippen molar-refractivity contribution in [1.82, 2.24) is 0 Å². The van der Waals surface area contributed by atoms with Crippen molar-refractivity contribution in [3.05, 3.63) is 24.3 Å². The van der Waals surface area contributed by atoms with Gasteiger partial charge in [0.1, 0.15) is 5.75 Å². The van der Waals surface area contributed by atoms with Crippen LogP contribution in [0.4, 0.5) is 13.2 Å². The second-order valence-corrected chi connectivity index (χ2v) is 3.33. The molecule has 1 atom stereocenters. The molecule has 1 unspecified atom stereocenters. The SMILES string of the molecule is CPc1ccccc1OC(F)(F)F. The third-order valence-electron chi connectivity index (χ3n) is 1.38. The summed E-state index contributed by atoms with van der Waals surface area (Å²) in [7, 11) is 0.290. The normalized spacial score (nSPS) is 12.3. The number of benzene rings is 1. The van der Waals surface area contributed by atoms with E-state index in [4.69, 9.17) is 0 Å². The van der Waals surface area contributed by atoms with Crippen molar-refractivity contribution in [3.8, 4) is 5.75 Å². The van der Waals surface area contributed by atoms with Crippen LogP contribution in [0.25, 0.3) is 0 Å². The second-order valence-electron chi connectivity index (χ2n) is 2.29. The third-order valence-corrected chi connectivity index (χ3v) is 2.33. The first-order valence-electron chi connectivity index (χ1n) is 3.55. The van der Waals surface area contributed by atoms with Gasteiger partial charge in [-0.3, -0.25) is 0 Å². The standard InChI is InChI=1S/C8H8F3OP/c1-13-7-5-3-2-4-6(7)12-8(9,10)11/h2-5,13H,1H3. The van der Waals surface area contributed by atoms with E-state index in [0.717, 1.165) is 0 Å². The number of hydrogen-bond acceptors (Lipinski definition) is 1. The number of hydrogen-bond donors (Lipinski definition) is 0. The average molecular weight is 208 g/mol. The van der Waals surface area contributed by atoms with E-state index in [9.17, 15) is 13.2 Å². The van der Waals surface area contributed by atoms with Gasteiger partial charge in [-0.25, -0.2) is 0 Å². The first-order valence-corrected chi connectivity index (χ1v) is 5.05. The number of rotatable bonds is 2. The Labute approximate surface area is 75.7 Å². The van der Waals surface area contributed by atoms with Crippen LogP contribution >= 0.6 is 8.58 Å². The highest BCUT2D eigenvalue weighted by Crippen LogP contribution is 2.24. The van der Waals surface area contributed by atoms with Crippen LogP contribution < -0.4 is 10.0 Å². The van der Waals surface area contributed by atoms with Crippen molar-refractivity contribution in [2.75, 3.05) is 6.66 Å². The fourth-order valence-corrected chi connectivity index (χ4v) is 1.53. The molecule has 0 saturated heterocycles. The lowest BCUT2D eigenvalue weighted by Gasteiger charge is -2.11. The van der Waals surface area contributed by atoms with E-state index in [1.54, 1.807) is 18.8 Å². The van der Waals surface area contributed by atoms with Crippen LogP contribution in [0.1, 0.15) is 0 Å². The van der Waals surface area contributed by atoms with Gasteiger partial charge in [0.2, 0.25) is 0 Å². The van der Waals surface area contributed by atoms with Crippen molar-refractivity contribution < 1.29 is 17.9 Å². The number of halogens is 3. The molecule has 0 radical (unpaired) electrons. The summed E-state index contributed by atoms with van der Waals surface area (Å²) >= 11 is 0. The quantitative estimate of drug-likeness (QED) is 0.678. The summed E-state index contributed by atoms with van der Waals surface area (Å²) in [6.45, 7) is 1.80. The lowest BCUT2D eigenvalue weighted by atomic mass is 10.3. The summed E-state index contributed by atoms with van der Waals surface area (Å²) < 4.78 is 39.3. The number of alkyl halides is 3. The van der Waals surface area contributed by atoms with Crippen LogP contribution in [0.2, 0.25) is 0 Å². The van der Waals surface area contributed by atoms with E-state index >= 15 is 0 Å². The molecule has 13 heavy (non-hydrogen) atoms. The van der Waals surface area contributed by atoms with Gasteiger partial charge in [-0.1, -0.05) is 26.8 Å². The fraction of sp³-hybridized carbons (Fsp3) is 0.250. The molecule has 0 fully saturated rings. The molecule has 0 aromatic heterocycles. The Morgan fingerprint density at radius 3 is 2.38 bits per heavy atom. The van der Waals surface area contributed by atoms with E-state index < -0.39 is 6.36 Å². The smallest absolute Gasteiger partial charge is 0.405 e.